The van der Waals surface area contributed by atoms with Crippen molar-refractivity contribution >= 4 is 11.9 Å². The van der Waals surface area contributed by atoms with E-state index >= 15 is 0 Å². The van der Waals surface area contributed by atoms with Crippen LogP contribution in [0.25, 0.3) is 0 Å². The average molecular weight is 573 g/mol. The van der Waals surface area contributed by atoms with Gasteiger partial charge >= 0.3 is 11.9 Å². The normalized spacial score (nSPS) is 11.9. The Morgan fingerprint density at radius 2 is 1.00 bits per heavy atom. The molecule has 2 N–H and O–H groups in total. The van der Waals surface area contributed by atoms with Crippen molar-refractivity contribution in [3.63, 3.8) is 0 Å². The van der Waals surface area contributed by atoms with E-state index in [1.807, 2.05) is 79.7 Å². The molecule has 0 aliphatic rings. The molecule has 0 radical (unpaired) electrons. The summed E-state index contributed by atoms with van der Waals surface area (Å²) >= 11 is 0. The van der Waals surface area contributed by atoms with Crippen molar-refractivity contribution in [1.29, 1.82) is 0 Å². The maximum atomic E-state index is 12.1. The van der Waals surface area contributed by atoms with E-state index < -0.39 is 0 Å². The number of hydrogen-bond acceptors (Lipinski definition) is 8. The van der Waals surface area contributed by atoms with Crippen LogP contribution in [-0.2, 0) is 52.2 Å². The Balaban J connectivity index is 1.56. The van der Waals surface area contributed by atoms with Crippen molar-refractivity contribution in [2.45, 2.75) is 91.9 Å². The summed E-state index contributed by atoms with van der Waals surface area (Å²) in [6, 6.07) is 7.70. The van der Waals surface area contributed by atoms with Crippen molar-refractivity contribution in [2.75, 3.05) is 33.2 Å². The van der Waals surface area contributed by atoms with Crippen LogP contribution < -0.4 is 0 Å². The number of aryl methyl sites for hydroxylation is 4. The molecule has 0 amide bonds. The quantitative estimate of drug-likeness (QED) is 0.162. The number of carbonyl (C=O) groups is 2. The van der Waals surface area contributed by atoms with Gasteiger partial charge < -0.3 is 29.2 Å². The molecule has 0 aliphatic carbocycles. The number of hydrogen-bond donors (Lipinski definition) is 2. The highest BCUT2D eigenvalue weighted by molar-refractivity contribution is 5.70. The molecule has 2 aromatic carbocycles. The number of ether oxygens (including phenoxy) is 4. The fraction of sp³-hybridized carbons (Fsp3) is 0.576. The minimum Gasteiger partial charge on any atom is -0.507 e. The molecule has 0 fully saturated rings. The van der Waals surface area contributed by atoms with E-state index in [4.69, 9.17) is 18.9 Å². The molecule has 2 aromatic rings. The molecule has 2 rings (SSSR count). The summed E-state index contributed by atoms with van der Waals surface area (Å²) in [7, 11) is 0. The summed E-state index contributed by atoms with van der Waals surface area (Å²) in [5.41, 5.74) is 4.89. The van der Waals surface area contributed by atoms with Gasteiger partial charge in [0.2, 0.25) is 0 Å². The fourth-order valence-electron chi connectivity index (χ4n) is 4.38. The number of benzene rings is 2. The van der Waals surface area contributed by atoms with E-state index in [2.05, 4.69) is 0 Å². The second kappa shape index (κ2) is 15.2. The third-order valence-electron chi connectivity index (χ3n) is 6.72. The lowest BCUT2D eigenvalue weighted by Crippen LogP contribution is -2.15. The molecule has 0 atom stereocenters. The Morgan fingerprint density at radius 3 is 1.34 bits per heavy atom. The third kappa shape index (κ3) is 11.4. The lowest BCUT2D eigenvalue weighted by molar-refractivity contribution is -0.149. The summed E-state index contributed by atoms with van der Waals surface area (Å²) < 4.78 is 21.1. The van der Waals surface area contributed by atoms with Crippen LogP contribution in [0, 0.1) is 13.8 Å². The molecule has 0 spiro atoms. The van der Waals surface area contributed by atoms with Gasteiger partial charge in [0.05, 0.1) is 13.2 Å². The number of rotatable bonds is 14. The molecule has 41 heavy (non-hydrogen) atoms. The Hall–Kier alpha value is -3.10. The van der Waals surface area contributed by atoms with E-state index in [0.717, 1.165) is 33.4 Å². The van der Waals surface area contributed by atoms with Gasteiger partial charge in [0.15, 0.2) is 0 Å². The molecule has 8 heteroatoms. The Morgan fingerprint density at radius 1 is 0.634 bits per heavy atom. The molecule has 0 heterocycles. The van der Waals surface area contributed by atoms with Crippen LogP contribution in [0.2, 0.25) is 0 Å². The summed E-state index contributed by atoms with van der Waals surface area (Å²) in [5, 5.41) is 20.7. The third-order valence-corrected chi connectivity index (χ3v) is 6.72. The highest BCUT2D eigenvalue weighted by atomic mass is 16.7. The van der Waals surface area contributed by atoms with Crippen LogP contribution in [0.3, 0.4) is 0 Å². The van der Waals surface area contributed by atoms with E-state index in [0.29, 0.717) is 24.3 Å². The summed E-state index contributed by atoms with van der Waals surface area (Å²) in [6.07, 6.45) is 1.52. The van der Waals surface area contributed by atoms with Crippen molar-refractivity contribution in [2.24, 2.45) is 0 Å². The number of phenolic OH excluding ortho intramolecular Hbond substituents is 2. The first kappa shape index (κ1) is 34.1. The fourth-order valence-corrected chi connectivity index (χ4v) is 4.38. The zero-order valence-corrected chi connectivity index (χ0v) is 26.0. The van der Waals surface area contributed by atoms with Crippen LogP contribution in [0.4, 0.5) is 0 Å². The molecule has 0 aliphatic heterocycles. The largest absolute Gasteiger partial charge is 0.507 e. The molecular weight excluding hydrogens is 524 g/mol. The van der Waals surface area contributed by atoms with Gasteiger partial charge in [0, 0.05) is 12.8 Å². The minimum atomic E-state index is -0.318. The van der Waals surface area contributed by atoms with Crippen molar-refractivity contribution < 1.29 is 38.7 Å². The van der Waals surface area contributed by atoms with Gasteiger partial charge in [0.1, 0.15) is 31.5 Å². The Kier molecular flexibility index (Phi) is 12.7. The van der Waals surface area contributed by atoms with Gasteiger partial charge in [-0.15, -0.1) is 0 Å². The Labute approximate surface area is 245 Å². The van der Waals surface area contributed by atoms with Gasteiger partial charge in [-0.05, 0) is 70.9 Å². The zero-order valence-electron chi connectivity index (χ0n) is 26.0. The number of esters is 2. The number of phenols is 2. The maximum Gasteiger partial charge on any atom is 0.306 e. The first-order valence-electron chi connectivity index (χ1n) is 14.2. The molecule has 0 unspecified atom stereocenters. The lowest BCUT2D eigenvalue weighted by atomic mass is 9.83. The van der Waals surface area contributed by atoms with Gasteiger partial charge in [-0.25, -0.2) is 0 Å². The SMILES string of the molecule is Cc1cc(CCC(=O)OCCOCOCCOC(=O)CCc2cc(C)c(O)c(C(C)(C)C)c2)cc(C(C)(C)C)c1O. The zero-order chi connectivity index (χ0) is 30.8. The van der Waals surface area contributed by atoms with E-state index in [1.54, 1.807) is 0 Å². The number of aromatic hydroxyl groups is 2. The lowest BCUT2D eigenvalue weighted by Gasteiger charge is -2.22. The molecule has 228 valence electrons. The monoisotopic (exact) mass is 572 g/mol. The smallest absolute Gasteiger partial charge is 0.306 e. The molecule has 0 aromatic heterocycles. The Bertz CT molecular complexity index is 1080. The summed E-state index contributed by atoms with van der Waals surface area (Å²) in [6.45, 7) is 16.6. The minimum absolute atomic E-state index is 0.000167. The van der Waals surface area contributed by atoms with E-state index in [-0.39, 0.29) is 68.8 Å². The predicted octanol–water partition coefficient (Wildman–Crippen LogP) is 5.95. The van der Waals surface area contributed by atoms with Gasteiger partial charge in [-0.1, -0.05) is 65.8 Å². The van der Waals surface area contributed by atoms with E-state index in [9.17, 15) is 19.8 Å². The predicted molar refractivity (Wildman–Crippen MR) is 158 cm³/mol. The standard InChI is InChI=1S/C33H48O8/c1-22-17-24(19-26(30(22)36)32(3,4)5)9-11-28(34)40-15-13-38-21-39-14-16-41-29(35)12-10-25-18-23(2)31(37)27(20-25)33(6,7)8/h17-20,36-37H,9-16,21H2,1-8H3. The van der Waals surface area contributed by atoms with E-state index in [1.165, 1.54) is 0 Å². The second-order valence-corrected chi connectivity index (χ2v) is 12.5. The van der Waals surface area contributed by atoms with Gasteiger partial charge in [0.25, 0.3) is 0 Å². The van der Waals surface area contributed by atoms with Crippen molar-refractivity contribution in [3.8, 4) is 11.5 Å². The molecule has 0 saturated heterocycles. The molecule has 0 bridgehead atoms. The maximum absolute atomic E-state index is 12.1. The van der Waals surface area contributed by atoms with Crippen LogP contribution >= 0.6 is 0 Å². The summed E-state index contributed by atoms with van der Waals surface area (Å²) in [4.78, 5) is 24.2. The average Bonchev–Trinajstić information content (AvgIpc) is 2.87. The van der Waals surface area contributed by atoms with Crippen LogP contribution in [0.1, 0.15) is 87.8 Å². The van der Waals surface area contributed by atoms with Crippen molar-refractivity contribution in [1.82, 2.24) is 0 Å². The van der Waals surface area contributed by atoms with Crippen molar-refractivity contribution in [3.05, 3.63) is 57.6 Å². The van der Waals surface area contributed by atoms with Crippen LogP contribution in [-0.4, -0.2) is 55.4 Å². The van der Waals surface area contributed by atoms with Gasteiger partial charge in [-0.2, -0.15) is 0 Å². The topological polar surface area (TPSA) is 112 Å². The highest BCUT2D eigenvalue weighted by Crippen LogP contribution is 2.35. The van der Waals surface area contributed by atoms with Crippen LogP contribution in [0.15, 0.2) is 24.3 Å². The first-order valence-corrected chi connectivity index (χ1v) is 14.2. The molecule has 8 nitrogen and oxygen atoms in total. The first-order chi connectivity index (χ1) is 19.1. The number of carbonyl (C=O) groups excluding carboxylic acids is 2. The molecule has 0 saturated carbocycles. The second-order valence-electron chi connectivity index (χ2n) is 12.5. The van der Waals surface area contributed by atoms with Crippen LogP contribution in [0.5, 0.6) is 11.5 Å². The van der Waals surface area contributed by atoms with Gasteiger partial charge in [-0.3, -0.25) is 9.59 Å². The highest BCUT2D eigenvalue weighted by Gasteiger charge is 2.21. The summed E-state index contributed by atoms with van der Waals surface area (Å²) in [5.74, 6) is -0.0309. The molecular formula is C33H48O8.